The normalized spacial score (nSPS) is 20.9. The van der Waals surface area contributed by atoms with Crippen LogP contribution in [0.2, 0.25) is 5.02 Å². The summed E-state index contributed by atoms with van der Waals surface area (Å²) in [7, 11) is 1.69. The van der Waals surface area contributed by atoms with E-state index in [0.717, 1.165) is 46.9 Å². The van der Waals surface area contributed by atoms with Gasteiger partial charge in [-0.05, 0) is 85.4 Å². The first-order chi connectivity index (χ1) is 16.9. The molecule has 5 nitrogen and oxygen atoms in total. The van der Waals surface area contributed by atoms with Crippen LogP contribution in [0.25, 0.3) is 11.1 Å². The molecule has 2 aromatic carbocycles. The lowest BCUT2D eigenvalue weighted by Gasteiger charge is -2.38. The lowest BCUT2D eigenvalue weighted by molar-refractivity contribution is -0.181. The zero-order valence-corrected chi connectivity index (χ0v) is 22.0. The van der Waals surface area contributed by atoms with Crippen molar-refractivity contribution in [3.63, 3.8) is 0 Å². The highest BCUT2D eigenvalue weighted by atomic mass is 35.5. The Balaban J connectivity index is 1.96. The molecular formula is C29H37ClO5. The molecule has 0 spiro atoms. The van der Waals surface area contributed by atoms with Crippen LogP contribution >= 0.6 is 11.6 Å². The predicted molar refractivity (Wildman–Crippen MR) is 139 cm³/mol. The third kappa shape index (κ3) is 6.14. The smallest absolute Gasteiger partial charge is 0.338 e. The summed E-state index contributed by atoms with van der Waals surface area (Å²) in [4.78, 5) is 25.4. The van der Waals surface area contributed by atoms with E-state index in [4.69, 9.17) is 25.8 Å². The summed E-state index contributed by atoms with van der Waals surface area (Å²) in [6.07, 6.45) is 5.10. The Morgan fingerprint density at radius 3 is 2.31 bits per heavy atom. The SMILES string of the molecule is CCOC(=O)C1(OCC(C=O)c2c(CC)ccc(-c3ccc(Cl)cc3)c2CC)CCC(OC)CC1. The lowest BCUT2D eigenvalue weighted by atomic mass is 9.82. The van der Waals surface area contributed by atoms with Gasteiger partial charge < -0.3 is 19.0 Å². The Kier molecular flexibility index (Phi) is 9.90. The number of carbonyl (C=O) groups is 2. The fourth-order valence-corrected chi connectivity index (χ4v) is 5.29. The van der Waals surface area contributed by atoms with Gasteiger partial charge in [-0.2, -0.15) is 0 Å². The molecule has 6 heteroatoms. The number of carbonyl (C=O) groups excluding carboxylic acids is 2. The van der Waals surface area contributed by atoms with E-state index in [0.29, 0.717) is 30.7 Å². The third-order valence-electron chi connectivity index (χ3n) is 7.13. The van der Waals surface area contributed by atoms with Crippen LogP contribution in [0.15, 0.2) is 36.4 Å². The van der Waals surface area contributed by atoms with E-state index in [9.17, 15) is 9.59 Å². The fourth-order valence-electron chi connectivity index (χ4n) is 5.17. The molecule has 0 aromatic heterocycles. The van der Waals surface area contributed by atoms with Crippen molar-refractivity contribution in [2.75, 3.05) is 20.3 Å². The van der Waals surface area contributed by atoms with Crippen LogP contribution in [0.3, 0.4) is 0 Å². The molecule has 0 saturated heterocycles. The number of methoxy groups -OCH3 is 1. The Morgan fingerprint density at radius 1 is 1.09 bits per heavy atom. The molecule has 1 aliphatic carbocycles. The summed E-state index contributed by atoms with van der Waals surface area (Å²) in [6, 6.07) is 12.0. The number of esters is 1. The van der Waals surface area contributed by atoms with Gasteiger partial charge in [0.05, 0.1) is 25.2 Å². The standard InChI is InChI=1S/C29H37ClO5/c1-5-20-10-13-26(21-8-11-23(30)12-9-21)25(6-2)27(20)22(18-31)19-35-29(28(32)34-7-3)16-14-24(33-4)15-17-29/h8-13,18,22,24H,5-7,14-17,19H2,1-4H3. The highest BCUT2D eigenvalue weighted by Gasteiger charge is 2.45. The second kappa shape index (κ2) is 12.7. The van der Waals surface area contributed by atoms with Crippen molar-refractivity contribution in [3.05, 3.63) is 58.1 Å². The van der Waals surface area contributed by atoms with E-state index < -0.39 is 11.5 Å². The van der Waals surface area contributed by atoms with E-state index in [1.54, 1.807) is 14.0 Å². The first-order valence-corrected chi connectivity index (χ1v) is 13.0. The summed E-state index contributed by atoms with van der Waals surface area (Å²) in [5.74, 6) is -0.834. The minimum absolute atomic E-state index is 0.109. The summed E-state index contributed by atoms with van der Waals surface area (Å²) < 4.78 is 17.3. The molecule has 3 rings (SSSR count). The van der Waals surface area contributed by atoms with Crippen LogP contribution in [0, 0.1) is 0 Å². The van der Waals surface area contributed by atoms with Gasteiger partial charge in [-0.1, -0.05) is 49.7 Å². The van der Waals surface area contributed by atoms with Gasteiger partial charge in [-0.3, -0.25) is 0 Å². The molecule has 0 amide bonds. The van der Waals surface area contributed by atoms with Crippen molar-refractivity contribution < 1.29 is 23.8 Å². The van der Waals surface area contributed by atoms with Gasteiger partial charge in [0.25, 0.3) is 0 Å². The Labute approximate surface area is 214 Å². The van der Waals surface area contributed by atoms with E-state index in [-0.39, 0.29) is 25.3 Å². The Morgan fingerprint density at radius 2 is 1.77 bits per heavy atom. The summed E-state index contributed by atoms with van der Waals surface area (Å²) in [6.45, 7) is 6.41. The van der Waals surface area contributed by atoms with Gasteiger partial charge in [-0.15, -0.1) is 0 Å². The molecule has 1 atom stereocenters. The third-order valence-corrected chi connectivity index (χ3v) is 7.38. The van der Waals surface area contributed by atoms with Gasteiger partial charge in [0.1, 0.15) is 6.29 Å². The second-order valence-corrected chi connectivity index (χ2v) is 9.52. The highest BCUT2D eigenvalue weighted by molar-refractivity contribution is 6.30. The van der Waals surface area contributed by atoms with Crippen molar-refractivity contribution >= 4 is 23.9 Å². The van der Waals surface area contributed by atoms with Gasteiger partial charge in [0.15, 0.2) is 5.60 Å². The highest BCUT2D eigenvalue weighted by Crippen LogP contribution is 2.38. The minimum atomic E-state index is -1.04. The van der Waals surface area contributed by atoms with E-state index in [1.165, 1.54) is 0 Å². The molecule has 0 heterocycles. The van der Waals surface area contributed by atoms with E-state index >= 15 is 0 Å². The number of rotatable bonds is 11. The zero-order valence-electron chi connectivity index (χ0n) is 21.3. The summed E-state index contributed by atoms with van der Waals surface area (Å²) in [5, 5.41) is 0.684. The second-order valence-electron chi connectivity index (χ2n) is 9.08. The topological polar surface area (TPSA) is 61.8 Å². The van der Waals surface area contributed by atoms with Crippen LogP contribution in [-0.4, -0.2) is 44.3 Å². The van der Waals surface area contributed by atoms with Crippen LogP contribution in [0.5, 0.6) is 0 Å². The quantitative estimate of drug-likeness (QED) is 0.267. The number of aldehydes is 1. The monoisotopic (exact) mass is 500 g/mol. The molecule has 1 aliphatic rings. The average Bonchev–Trinajstić information content (AvgIpc) is 2.89. The molecule has 1 fully saturated rings. The zero-order chi connectivity index (χ0) is 25.4. The Bertz CT molecular complexity index is 993. The molecule has 2 aromatic rings. The van der Waals surface area contributed by atoms with Crippen LogP contribution < -0.4 is 0 Å². The fraction of sp³-hybridized carbons (Fsp3) is 0.517. The summed E-state index contributed by atoms with van der Waals surface area (Å²) in [5.41, 5.74) is 4.35. The van der Waals surface area contributed by atoms with Gasteiger partial charge in [0, 0.05) is 12.1 Å². The molecular weight excluding hydrogens is 464 g/mol. The van der Waals surface area contributed by atoms with Crippen molar-refractivity contribution in [2.45, 2.75) is 76.9 Å². The van der Waals surface area contributed by atoms with E-state index in [1.807, 2.05) is 24.3 Å². The van der Waals surface area contributed by atoms with E-state index in [2.05, 4.69) is 26.0 Å². The molecule has 0 radical (unpaired) electrons. The summed E-state index contributed by atoms with van der Waals surface area (Å²) >= 11 is 6.11. The van der Waals surface area contributed by atoms with Crippen LogP contribution in [0.4, 0.5) is 0 Å². The van der Waals surface area contributed by atoms with Crippen molar-refractivity contribution in [2.24, 2.45) is 0 Å². The maximum atomic E-state index is 13.0. The number of aryl methyl sites for hydroxylation is 1. The molecule has 1 saturated carbocycles. The number of hydrogen-bond acceptors (Lipinski definition) is 5. The average molecular weight is 501 g/mol. The van der Waals surface area contributed by atoms with Crippen LogP contribution in [0.1, 0.15) is 69.1 Å². The first-order valence-electron chi connectivity index (χ1n) is 12.6. The predicted octanol–water partition coefficient (Wildman–Crippen LogP) is 6.32. The number of ether oxygens (including phenoxy) is 3. The van der Waals surface area contributed by atoms with Crippen molar-refractivity contribution in [1.82, 2.24) is 0 Å². The number of halogens is 1. The maximum Gasteiger partial charge on any atom is 0.338 e. The molecule has 0 aliphatic heterocycles. The van der Waals surface area contributed by atoms with Gasteiger partial charge in [0.2, 0.25) is 0 Å². The largest absolute Gasteiger partial charge is 0.464 e. The first kappa shape index (κ1) is 27.4. The van der Waals surface area contributed by atoms with Crippen molar-refractivity contribution in [3.8, 4) is 11.1 Å². The van der Waals surface area contributed by atoms with Gasteiger partial charge in [-0.25, -0.2) is 4.79 Å². The maximum absolute atomic E-state index is 13.0. The van der Waals surface area contributed by atoms with Crippen molar-refractivity contribution in [1.29, 1.82) is 0 Å². The van der Waals surface area contributed by atoms with Gasteiger partial charge >= 0.3 is 5.97 Å². The molecule has 0 N–H and O–H groups in total. The number of hydrogen-bond donors (Lipinski definition) is 0. The molecule has 190 valence electrons. The number of benzene rings is 2. The minimum Gasteiger partial charge on any atom is -0.464 e. The molecule has 1 unspecified atom stereocenters. The molecule has 35 heavy (non-hydrogen) atoms. The molecule has 0 bridgehead atoms. The Hall–Kier alpha value is -2.21. The lowest BCUT2D eigenvalue weighted by Crippen LogP contribution is -2.48. The van der Waals surface area contributed by atoms with Crippen LogP contribution in [-0.2, 0) is 36.6 Å².